The van der Waals surface area contributed by atoms with Gasteiger partial charge in [-0.15, -0.1) is 0 Å². The van der Waals surface area contributed by atoms with Gasteiger partial charge in [-0.1, -0.05) is 19.1 Å². The molecule has 0 aliphatic heterocycles. The molecular weight excluding hydrogens is 88.1 g/mol. The highest BCUT2D eigenvalue weighted by molar-refractivity contribution is 4.93. The molecule has 0 amide bonds. The van der Waals surface area contributed by atoms with Crippen LogP contribution in [0.2, 0.25) is 0 Å². The van der Waals surface area contributed by atoms with Crippen molar-refractivity contribution in [3.63, 3.8) is 0 Å². The van der Waals surface area contributed by atoms with Gasteiger partial charge in [-0.05, 0) is 18.8 Å². The zero-order valence-electron chi connectivity index (χ0n) is 4.65. The van der Waals surface area contributed by atoms with Crippen molar-refractivity contribution in [1.82, 2.24) is 0 Å². The van der Waals surface area contributed by atoms with Gasteiger partial charge >= 0.3 is 0 Å². The molecule has 1 heteroatoms. The predicted octanol–water partition coefficient (Wildman–Crippen LogP) is 1.15. The van der Waals surface area contributed by atoms with Crippen molar-refractivity contribution >= 4 is 0 Å². The molecule has 1 rings (SSSR count). The lowest BCUT2D eigenvalue weighted by Gasteiger charge is -1.89. The van der Waals surface area contributed by atoms with Crippen molar-refractivity contribution in [3.05, 3.63) is 12.2 Å². The number of hydrogen-bond acceptors (Lipinski definition) is 0. The van der Waals surface area contributed by atoms with Crippen LogP contribution in [-0.2, 0) is 0 Å². The van der Waals surface area contributed by atoms with Crippen molar-refractivity contribution < 1.29 is 5.48 Å². The largest absolute Gasteiger partial charge is 0.412 e. The molecular formula is C6H12O. The lowest BCUT2D eigenvalue weighted by Crippen LogP contribution is -1.76. The molecule has 0 saturated carbocycles. The van der Waals surface area contributed by atoms with Crippen LogP contribution in [0.5, 0.6) is 0 Å². The minimum Gasteiger partial charge on any atom is -0.412 e. The second kappa shape index (κ2) is 2.80. The maximum absolute atomic E-state index is 2.28. The summed E-state index contributed by atoms with van der Waals surface area (Å²) in [6.07, 6.45) is 7.21. The minimum absolute atomic E-state index is 0. The Hall–Kier alpha value is -0.300. The number of allylic oxidation sites excluding steroid dienone is 2. The maximum Gasteiger partial charge on any atom is -0.0259 e. The highest BCUT2D eigenvalue weighted by atomic mass is 16.0. The summed E-state index contributed by atoms with van der Waals surface area (Å²) < 4.78 is 0. The molecule has 2 N–H and O–H groups in total. The van der Waals surface area contributed by atoms with Gasteiger partial charge in [0.2, 0.25) is 0 Å². The fourth-order valence-electron chi connectivity index (χ4n) is 0.784. The molecule has 0 aromatic carbocycles. The van der Waals surface area contributed by atoms with E-state index in [4.69, 9.17) is 0 Å². The first-order valence-electron chi connectivity index (χ1n) is 2.56. The Labute approximate surface area is 44.3 Å². The lowest BCUT2D eigenvalue weighted by atomic mass is 10.2. The molecule has 7 heavy (non-hydrogen) atoms. The second-order valence-electron chi connectivity index (χ2n) is 1.98. The van der Waals surface area contributed by atoms with Crippen LogP contribution in [0.1, 0.15) is 19.8 Å². The summed E-state index contributed by atoms with van der Waals surface area (Å²) in [5.74, 6) is 0.866. The van der Waals surface area contributed by atoms with Gasteiger partial charge in [0, 0.05) is 0 Å². The van der Waals surface area contributed by atoms with E-state index in [1.54, 1.807) is 0 Å². The van der Waals surface area contributed by atoms with Crippen LogP contribution >= 0.6 is 0 Å². The Balaban J connectivity index is 0.000000360. The molecule has 1 unspecified atom stereocenters. The molecule has 1 aliphatic rings. The highest BCUT2D eigenvalue weighted by Crippen LogP contribution is 2.14. The van der Waals surface area contributed by atoms with E-state index in [9.17, 15) is 0 Å². The van der Waals surface area contributed by atoms with E-state index in [-0.39, 0.29) is 5.48 Å². The molecule has 0 radical (unpaired) electrons. The van der Waals surface area contributed by atoms with Gasteiger partial charge < -0.3 is 5.48 Å². The van der Waals surface area contributed by atoms with Crippen LogP contribution < -0.4 is 0 Å². The Bertz CT molecular complexity index is 66.6. The van der Waals surface area contributed by atoms with Gasteiger partial charge in [0.05, 0.1) is 0 Å². The van der Waals surface area contributed by atoms with E-state index in [0.29, 0.717) is 0 Å². The van der Waals surface area contributed by atoms with Gasteiger partial charge in [-0.25, -0.2) is 0 Å². The lowest BCUT2D eigenvalue weighted by molar-refractivity contribution is 0.701. The molecule has 1 nitrogen and oxygen atoms in total. The van der Waals surface area contributed by atoms with Crippen molar-refractivity contribution in [2.75, 3.05) is 0 Å². The fraction of sp³-hybridized carbons (Fsp3) is 0.667. The summed E-state index contributed by atoms with van der Waals surface area (Å²) in [6.45, 7) is 2.25. The third-order valence-corrected chi connectivity index (χ3v) is 1.25. The normalized spacial score (nSPS) is 27.3. The van der Waals surface area contributed by atoms with Crippen molar-refractivity contribution in [2.24, 2.45) is 5.92 Å². The molecule has 42 valence electrons. The molecule has 0 aromatic heterocycles. The molecule has 1 aliphatic carbocycles. The zero-order chi connectivity index (χ0) is 4.41. The zero-order valence-corrected chi connectivity index (χ0v) is 4.65. The first-order chi connectivity index (χ1) is 2.89. The first kappa shape index (κ1) is 6.70. The van der Waals surface area contributed by atoms with Crippen LogP contribution in [0.15, 0.2) is 12.2 Å². The molecule has 0 bridgehead atoms. The number of hydrogen-bond donors (Lipinski definition) is 0. The van der Waals surface area contributed by atoms with Crippen molar-refractivity contribution in [2.45, 2.75) is 19.8 Å². The number of rotatable bonds is 0. The Morgan fingerprint density at radius 2 is 2.29 bits per heavy atom. The Morgan fingerprint density at radius 3 is 2.43 bits per heavy atom. The van der Waals surface area contributed by atoms with Crippen molar-refractivity contribution in [3.8, 4) is 0 Å². The Morgan fingerprint density at radius 1 is 1.57 bits per heavy atom. The van der Waals surface area contributed by atoms with Gasteiger partial charge in [0.25, 0.3) is 0 Å². The minimum atomic E-state index is 0. The quantitative estimate of drug-likeness (QED) is 0.409. The summed E-state index contributed by atoms with van der Waals surface area (Å²) >= 11 is 0. The van der Waals surface area contributed by atoms with Gasteiger partial charge in [-0.3, -0.25) is 0 Å². The molecule has 1 atom stereocenters. The smallest absolute Gasteiger partial charge is 0.0259 e. The summed E-state index contributed by atoms with van der Waals surface area (Å²) in [5.41, 5.74) is 0. The van der Waals surface area contributed by atoms with Gasteiger partial charge in [-0.2, -0.15) is 0 Å². The molecule has 0 saturated heterocycles. The van der Waals surface area contributed by atoms with E-state index in [0.717, 1.165) is 5.92 Å². The van der Waals surface area contributed by atoms with Crippen molar-refractivity contribution in [1.29, 1.82) is 0 Å². The summed E-state index contributed by atoms with van der Waals surface area (Å²) in [4.78, 5) is 0. The SMILES string of the molecule is CC1C=CCC1.O. The third-order valence-electron chi connectivity index (χ3n) is 1.25. The van der Waals surface area contributed by atoms with E-state index in [1.165, 1.54) is 12.8 Å². The standard InChI is InChI=1S/C6H10.H2O/c1-6-4-2-3-5-6;/h2,4,6H,3,5H2,1H3;1H2. The molecule has 0 heterocycles. The maximum atomic E-state index is 2.28. The second-order valence-corrected chi connectivity index (χ2v) is 1.98. The van der Waals surface area contributed by atoms with Crippen LogP contribution in [-0.4, -0.2) is 5.48 Å². The fourth-order valence-corrected chi connectivity index (χ4v) is 0.784. The summed E-state index contributed by atoms with van der Waals surface area (Å²) in [5, 5.41) is 0. The van der Waals surface area contributed by atoms with Crippen LogP contribution in [0.25, 0.3) is 0 Å². The molecule has 0 aromatic rings. The average Bonchev–Trinajstić information content (AvgIpc) is 1.86. The van der Waals surface area contributed by atoms with Gasteiger partial charge in [0.15, 0.2) is 0 Å². The van der Waals surface area contributed by atoms with E-state index < -0.39 is 0 Å². The van der Waals surface area contributed by atoms with E-state index in [2.05, 4.69) is 19.1 Å². The average molecular weight is 100 g/mol. The highest BCUT2D eigenvalue weighted by Gasteiger charge is 1.98. The Kier molecular flexibility index (Phi) is 2.68. The van der Waals surface area contributed by atoms with Gasteiger partial charge in [0.1, 0.15) is 0 Å². The van der Waals surface area contributed by atoms with E-state index in [1.807, 2.05) is 0 Å². The summed E-state index contributed by atoms with van der Waals surface area (Å²) in [7, 11) is 0. The third kappa shape index (κ3) is 1.74. The molecule has 0 fully saturated rings. The predicted molar refractivity (Wildman–Crippen MR) is 31.2 cm³/mol. The topological polar surface area (TPSA) is 31.5 Å². The molecule has 0 spiro atoms. The van der Waals surface area contributed by atoms with E-state index >= 15 is 0 Å². The van der Waals surface area contributed by atoms with Crippen LogP contribution in [0.3, 0.4) is 0 Å². The van der Waals surface area contributed by atoms with Crippen LogP contribution in [0, 0.1) is 5.92 Å². The monoisotopic (exact) mass is 100 g/mol. The van der Waals surface area contributed by atoms with Crippen LogP contribution in [0.4, 0.5) is 0 Å². The first-order valence-corrected chi connectivity index (χ1v) is 2.56. The summed E-state index contributed by atoms with van der Waals surface area (Å²) in [6, 6.07) is 0.